The van der Waals surface area contributed by atoms with Gasteiger partial charge in [0.2, 0.25) is 0 Å². The fourth-order valence-corrected chi connectivity index (χ4v) is 2.63. The van der Waals surface area contributed by atoms with Gasteiger partial charge >= 0.3 is 0 Å². The smallest absolute Gasteiger partial charge is 0.0252 e. The average molecular weight is 209 g/mol. The zero-order chi connectivity index (χ0) is 11.1. The molecule has 1 rings (SSSR count). The quantitative estimate of drug-likeness (QED) is 0.547. The highest BCUT2D eigenvalue weighted by molar-refractivity contribution is 5.01. The summed E-state index contributed by atoms with van der Waals surface area (Å²) in [7, 11) is 2.08. The summed E-state index contributed by atoms with van der Waals surface area (Å²) in [6, 6.07) is 0.595. The molecule has 0 aromatic heterocycles. The SMILES string of the molecule is CNC(C=C(C)C)CC1CCCCCC1. The predicted octanol–water partition coefficient (Wildman–Crippen LogP) is 3.90. The van der Waals surface area contributed by atoms with Crippen molar-refractivity contribution in [2.24, 2.45) is 5.92 Å². The molecule has 1 unspecified atom stereocenters. The first-order valence-electron chi connectivity index (χ1n) is 6.54. The Morgan fingerprint density at radius 3 is 2.27 bits per heavy atom. The molecule has 0 spiro atoms. The van der Waals surface area contributed by atoms with Crippen LogP contribution in [0, 0.1) is 5.92 Å². The van der Waals surface area contributed by atoms with Gasteiger partial charge in [-0.05, 0) is 33.2 Å². The van der Waals surface area contributed by atoms with Crippen LogP contribution in [0.3, 0.4) is 0 Å². The summed E-state index contributed by atoms with van der Waals surface area (Å²) < 4.78 is 0. The van der Waals surface area contributed by atoms with Crippen LogP contribution in [-0.4, -0.2) is 13.1 Å². The van der Waals surface area contributed by atoms with Gasteiger partial charge in [-0.25, -0.2) is 0 Å². The summed E-state index contributed by atoms with van der Waals surface area (Å²) in [5.41, 5.74) is 1.43. The van der Waals surface area contributed by atoms with Gasteiger partial charge in [0.05, 0.1) is 0 Å². The Morgan fingerprint density at radius 1 is 1.20 bits per heavy atom. The zero-order valence-corrected chi connectivity index (χ0v) is 10.7. The van der Waals surface area contributed by atoms with Gasteiger partial charge < -0.3 is 5.32 Å². The van der Waals surface area contributed by atoms with E-state index in [4.69, 9.17) is 0 Å². The molecule has 88 valence electrons. The minimum Gasteiger partial charge on any atom is -0.314 e. The number of allylic oxidation sites excluding steroid dienone is 1. The highest BCUT2D eigenvalue weighted by Gasteiger charge is 2.15. The first kappa shape index (κ1) is 12.8. The molecule has 0 radical (unpaired) electrons. The van der Waals surface area contributed by atoms with Crippen molar-refractivity contribution in [3.63, 3.8) is 0 Å². The molecule has 15 heavy (non-hydrogen) atoms. The maximum atomic E-state index is 3.42. The Hall–Kier alpha value is -0.300. The van der Waals surface area contributed by atoms with Crippen LogP contribution >= 0.6 is 0 Å². The Labute approximate surface area is 95.3 Å². The van der Waals surface area contributed by atoms with Crippen LogP contribution in [0.5, 0.6) is 0 Å². The average Bonchev–Trinajstić information content (AvgIpc) is 2.44. The predicted molar refractivity (Wildman–Crippen MR) is 68.1 cm³/mol. The van der Waals surface area contributed by atoms with Gasteiger partial charge in [-0.2, -0.15) is 0 Å². The third kappa shape index (κ3) is 5.36. The minimum absolute atomic E-state index is 0.595. The van der Waals surface area contributed by atoms with E-state index in [1.807, 2.05) is 0 Å². The Kier molecular flexibility index (Phi) is 6.00. The summed E-state index contributed by atoms with van der Waals surface area (Å²) in [6.45, 7) is 4.38. The van der Waals surface area contributed by atoms with Crippen molar-refractivity contribution in [1.29, 1.82) is 0 Å². The maximum absolute atomic E-state index is 3.42. The molecular weight excluding hydrogens is 182 g/mol. The fraction of sp³-hybridized carbons (Fsp3) is 0.857. The third-order valence-electron chi connectivity index (χ3n) is 3.47. The van der Waals surface area contributed by atoms with E-state index in [9.17, 15) is 0 Å². The molecule has 0 saturated heterocycles. The number of nitrogens with one attached hydrogen (secondary N) is 1. The molecule has 1 fully saturated rings. The van der Waals surface area contributed by atoms with Crippen molar-refractivity contribution in [1.82, 2.24) is 5.32 Å². The van der Waals surface area contributed by atoms with Crippen LogP contribution in [0.25, 0.3) is 0 Å². The van der Waals surface area contributed by atoms with E-state index >= 15 is 0 Å². The van der Waals surface area contributed by atoms with Crippen LogP contribution in [0.4, 0.5) is 0 Å². The van der Waals surface area contributed by atoms with Gasteiger partial charge in [0.15, 0.2) is 0 Å². The lowest BCUT2D eigenvalue weighted by atomic mass is 9.92. The van der Waals surface area contributed by atoms with Gasteiger partial charge in [0, 0.05) is 6.04 Å². The molecule has 1 N–H and O–H groups in total. The van der Waals surface area contributed by atoms with Gasteiger partial charge in [0.1, 0.15) is 0 Å². The van der Waals surface area contributed by atoms with Crippen LogP contribution in [0.1, 0.15) is 58.8 Å². The van der Waals surface area contributed by atoms with E-state index in [-0.39, 0.29) is 0 Å². The molecule has 1 aliphatic rings. The fourth-order valence-electron chi connectivity index (χ4n) is 2.63. The normalized spacial score (nSPS) is 20.7. The number of likely N-dealkylation sites (N-methyl/N-ethyl adjacent to an activating group) is 1. The summed E-state index contributed by atoms with van der Waals surface area (Å²) in [5.74, 6) is 0.959. The second-order valence-electron chi connectivity index (χ2n) is 5.23. The van der Waals surface area contributed by atoms with Crippen molar-refractivity contribution in [3.8, 4) is 0 Å². The van der Waals surface area contributed by atoms with E-state index in [1.54, 1.807) is 0 Å². The van der Waals surface area contributed by atoms with Gasteiger partial charge in [0.25, 0.3) is 0 Å². The topological polar surface area (TPSA) is 12.0 Å². The van der Waals surface area contributed by atoms with Crippen molar-refractivity contribution in [2.75, 3.05) is 7.05 Å². The highest BCUT2D eigenvalue weighted by atomic mass is 14.9. The first-order chi connectivity index (χ1) is 7.22. The van der Waals surface area contributed by atoms with E-state index in [0.717, 1.165) is 5.92 Å². The number of hydrogen-bond acceptors (Lipinski definition) is 1. The molecule has 1 heteroatoms. The molecule has 1 nitrogen and oxygen atoms in total. The Morgan fingerprint density at radius 2 is 1.80 bits per heavy atom. The van der Waals surface area contributed by atoms with E-state index in [2.05, 4.69) is 32.3 Å². The standard InChI is InChI=1S/C14H27N/c1-12(2)10-14(15-3)11-13-8-6-4-5-7-9-13/h10,13-15H,4-9,11H2,1-3H3. The number of rotatable bonds is 4. The maximum Gasteiger partial charge on any atom is 0.0252 e. The lowest BCUT2D eigenvalue weighted by molar-refractivity contribution is 0.391. The highest BCUT2D eigenvalue weighted by Crippen LogP contribution is 2.26. The van der Waals surface area contributed by atoms with Gasteiger partial charge in [-0.15, -0.1) is 0 Å². The molecule has 0 heterocycles. The van der Waals surface area contributed by atoms with Crippen LogP contribution in [-0.2, 0) is 0 Å². The molecule has 0 aromatic rings. The van der Waals surface area contributed by atoms with E-state index < -0.39 is 0 Å². The molecule has 0 bridgehead atoms. The number of hydrogen-bond donors (Lipinski definition) is 1. The van der Waals surface area contributed by atoms with Crippen molar-refractivity contribution < 1.29 is 0 Å². The molecule has 0 aromatic carbocycles. The lowest BCUT2D eigenvalue weighted by Gasteiger charge is -2.20. The van der Waals surface area contributed by atoms with Crippen LogP contribution in [0.15, 0.2) is 11.6 Å². The van der Waals surface area contributed by atoms with E-state index in [1.165, 1.54) is 50.5 Å². The summed E-state index contributed by atoms with van der Waals surface area (Å²) >= 11 is 0. The molecular formula is C14H27N. The molecule has 1 saturated carbocycles. The van der Waals surface area contributed by atoms with Crippen molar-refractivity contribution >= 4 is 0 Å². The summed E-state index contributed by atoms with van der Waals surface area (Å²) in [6.07, 6.45) is 12.5. The van der Waals surface area contributed by atoms with E-state index in [0.29, 0.717) is 6.04 Å². The molecule has 1 atom stereocenters. The molecule has 0 amide bonds. The first-order valence-corrected chi connectivity index (χ1v) is 6.54. The second kappa shape index (κ2) is 7.05. The van der Waals surface area contributed by atoms with Crippen molar-refractivity contribution in [2.45, 2.75) is 64.8 Å². The summed E-state index contributed by atoms with van der Waals surface area (Å²) in [4.78, 5) is 0. The lowest BCUT2D eigenvalue weighted by Crippen LogP contribution is -2.26. The van der Waals surface area contributed by atoms with Crippen LogP contribution in [0.2, 0.25) is 0 Å². The largest absolute Gasteiger partial charge is 0.314 e. The van der Waals surface area contributed by atoms with Crippen molar-refractivity contribution in [3.05, 3.63) is 11.6 Å². The Balaban J connectivity index is 2.39. The molecule has 0 aliphatic heterocycles. The van der Waals surface area contributed by atoms with Crippen LogP contribution < -0.4 is 5.32 Å². The zero-order valence-electron chi connectivity index (χ0n) is 10.7. The van der Waals surface area contributed by atoms with Gasteiger partial charge in [-0.1, -0.05) is 50.2 Å². The summed E-state index contributed by atoms with van der Waals surface area (Å²) in [5, 5.41) is 3.42. The molecule has 1 aliphatic carbocycles. The second-order valence-corrected chi connectivity index (χ2v) is 5.23. The monoisotopic (exact) mass is 209 g/mol. The minimum atomic E-state index is 0.595. The third-order valence-corrected chi connectivity index (χ3v) is 3.47. The Bertz CT molecular complexity index is 184. The van der Waals surface area contributed by atoms with Gasteiger partial charge in [-0.3, -0.25) is 0 Å².